The molecule has 0 unspecified atom stereocenters. The monoisotopic (exact) mass is 310 g/mol. The lowest BCUT2D eigenvalue weighted by atomic mass is 10.0. The van der Waals surface area contributed by atoms with E-state index in [0.717, 1.165) is 21.0 Å². The summed E-state index contributed by atoms with van der Waals surface area (Å²) in [6.45, 7) is 0.579. The number of hydrogen-bond donors (Lipinski definition) is 1. The molecule has 0 spiro atoms. The van der Waals surface area contributed by atoms with Crippen LogP contribution in [0.5, 0.6) is 0 Å². The van der Waals surface area contributed by atoms with Gasteiger partial charge < -0.3 is 5.73 Å². The maximum absolute atomic E-state index is 5.61. The Balaban J connectivity index is 2.06. The number of halogens is 1. The Kier molecular flexibility index (Phi) is 3.36. The zero-order chi connectivity index (χ0) is 13.2. The summed E-state index contributed by atoms with van der Waals surface area (Å²) in [6, 6.07) is 22.2. The van der Waals surface area contributed by atoms with Crippen molar-refractivity contribution in [1.82, 2.24) is 0 Å². The molecule has 0 heterocycles. The Morgan fingerprint density at radius 2 is 1.74 bits per heavy atom. The molecule has 0 bridgehead atoms. The summed E-state index contributed by atoms with van der Waals surface area (Å²) < 4.78 is 1.09. The molecule has 19 heavy (non-hydrogen) atoms. The largest absolute Gasteiger partial charge is 0.326 e. The van der Waals surface area contributed by atoms with Crippen molar-refractivity contribution >= 4 is 26.7 Å². The third-order valence-corrected chi connectivity index (χ3v) is 3.71. The van der Waals surface area contributed by atoms with E-state index in [4.69, 9.17) is 5.73 Å². The molecule has 1 nitrogen and oxygen atoms in total. The van der Waals surface area contributed by atoms with Gasteiger partial charge in [-0.25, -0.2) is 0 Å². The number of rotatable bonds is 2. The second-order valence-corrected chi connectivity index (χ2v) is 5.42. The van der Waals surface area contributed by atoms with Gasteiger partial charge in [-0.15, -0.1) is 0 Å². The van der Waals surface area contributed by atoms with E-state index >= 15 is 0 Å². The summed E-state index contributed by atoms with van der Waals surface area (Å²) in [5.74, 6) is 0. The van der Waals surface area contributed by atoms with E-state index < -0.39 is 0 Å². The van der Waals surface area contributed by atoms with Gasteiger partial charge in [0.25, 0.3) is 0 Å². The van der Waals surface area contributed by atoms with Gasteiger partial charge >= 0.3 is 0 Å². The Labute approximate surface area is 121 Å². The van der Waals surface area contributed by atoms with Crippen molar-refractivity contribution in [3.05, 3.63) is 70.7 Å². The van der Waals surface area contributed by atoms with E-state index in [-0.39, 0.29) is 0 Å². The van der Waals surface area contributed by atoms with Gasteiger partial charge in [-0.05, 0) is 45.7 Å². The summed E-state index contributed by atoms with van der Waals surface area (Å²) in [4.78, 5) is 0. The molecule has 0 atom stereocenters. The second-order valence-electron chi connectivity index (χ2n) is 4.50. The predicted octanol–water partition coefficient (Wildman–Crippen LogP) is 4.53. The maximum atomic E-state index is 5.61. The van der Waals surface area contributed by atoms with Gasteiger partial charge in [0.2, 0.25) is 0 Å². The summed E-state index contributed by atoms with van der Waals surface area (Å²) in [5.41, 5.74) is 9.04. The molecule has 0 saturated carbocycles. The van der Waals surface area contributed by atoms with Crippen molar-refractivity contribution in [2.24, 2.45) is 5.73 Å². The molecule has 3 aromatic carbocycles. The standard InChI is InChI=1S/C17H13BrN/c18-17-8-7-15-9-14(5-6-16(15)10-17)13-3-1-12(11-19)2-4-13/h1-8,10H,11,19H2. The highest BCUT2D eigenvalue weighted by molar-refractivity contribution is 9.10. The van der Waals surface area contributed by atoms with E-state index in [1.165, 1.54) is 10.9 Å². The molecule has 0 amide bonds. The van der Waals surface area contributed by atoms with Crippen molar-refractivity contribution in [2.45, 2.75) is 6.54 Å². The van der Waals surface area contributed by atoms with Crippen LogP contribution in [0.4, 0.5) is 0 Å². The normalized spacial score (nSPS) is 10.8. The number of hydrogen-bond acceptors (Lipinski definition) is 1. The SMILES string of the molecule is NCc1ccc(-c2[c]c3ccc(Br)cc3cc2)cc1. The third-order valence-electron chi connectivity index (χ3n) is 3.21. The Hall–Kier alpha value is -1.64. The molecule has 0 fully saturated rings. The highest BCUT2D eigenvalue weighted by atomic mass is 79.9. The zero-order valence-corrected chi connectivity index (χ0v) is 11.9. The number of fused-ring (bicyclic) bond motifs is 1. The third kappa shape index (κ3) is 2.55. The fourth-order valence-electron chi connectivity index (χ4n) is 2.13. The molecule has 0 aliphatic rings. The first-order chi connectivity index (χ1) is 9.26. The van der Waals surface area contributed by atoms with Crippen LogP contribution in [0.2, 0.25) is 0 Å². The van der Waals surface area contributed by atoms with E-state index in [1.807, 2.05) is 6.07 Å². The molecule has 0 saturated heterocycles. The van der Waals surface area contributed by atoms with E-state index in [2.05, 4.69) is 70.5 Å². The van der Waals surface area contributed by atoms with E-state index in [9.17, 15) is 0 Å². The Morgan fingerprint density at radius 1 is 0.947 bits per heavy atom. The van der Waals surface area contributed by atoms with Crippen LogP contribution in [0.15, 0.2) is 59.1 Å². The molecule has 2 heteroatoms. The lowest BCUT2D eigenvalue weighted by Crippen LogP contribution is -1.95. The maximum Gasteiger partial charge on any atom is 0.0181 e. The first kappa shape index (κ1) is 12.4. The molecular weight excluding hydrogens is 298 g/mol. The van der Waals surface area contributed by atoms with Crippen LogP contribution in [-0.4, -0.2) is 0 Å². The van der Waals surface area contributed by atoms with Gasteiger partial charge in [-0.2, -0.15) is 0 Å². The van der Waals surface area contributed by atoms with Crippen LogP contribution >= 0.6 is 15.9 Å². The zero-order valence-electron chi connectivity index (χ0n) is 10.4. The van der Waals surface area contributed by atoms with Crippen molar-refractivity contribution in [1.29, 1.82) is 0 Å². The lowest BCUT2D eigenvalue weighted by molar-refractivity contribution is 1.07. The van der Waals surface area contributed by atoms with Crippen molar-refractivity contribution < 1.29 is 0 Å². The summed E-state index contributed by atoms with van der Waals surface area (Å²) >= 11 is 3.49. The predicted molar refractivity (Wildman–Crippen MR) is 83.8 cm³/mol. The Morgan fingerprint density at radius 3 is 2.47 bits per heavy atom. The minimum Gasteiger partial charge on any atom is -0.326 e. The average molecular weight is 311 g/mol. The average Bonchev–Trinajstić information content (AvgIpc) is 2.47. The van der Waals surface area contributed by atoms with Crippen LogP contribution in [0.3, 0.4) is 0 Å². The number of benzene rings is 3. The van der Waals surface area contributed by atoms with Crippen LogP contribution in [0.1, 0.15) is 5.56 Å². The highest BCUT2D eigenvalue weighted by Crippen LogP contribution is 2.26. The smallest absolute Gasteiger partial charge is 0.0181 e. The van der Waals surface area contributed by atoms with E-state index in [1.54, 1.807) is 0 Å². The molecule has 1 radical (unpaired) electrons. The molecule has 2 N–H and O–H groups in total. The number of nitrogens with two attached hydrogens (primary N) is 1. The van der Waals surface area contributed by atoms with Crippen LogP contribution in [0, 0.1) is 6.07 Å². The van der Waals surface area contributed by atoms with Gasteiger partial charge in [-0.1, -0.05) is 58.4 Å². The van der Waals surface area contributed by atoms with Crippen molar-refractivity contribution in [2.75, 3.05) is 0 Å². The summed E-state index contributed by atoms with van der Waals surface area (Å²) in [5, 5.41) is 2.32. The molecule has 0 aliphatic heterocycles. The molecule has 0 aliphatic carbocycles. The van der Waals surface area contributed by atoms with Gasteiger partial charge in [0.1, 0.15) is 0 Å². The quantitative estimate of drug-likeness (QED) is 0.739. The molecular formula is C17H13BrN. The van der Waals surface area contributed by atoms with Gasteiger partial charge in [-0.3, -0.25) is 0 Å². The Bertz CT molecular complexity index is 717. The lowest BCUT2D eigenvalue weighted by Gasteiger charge is -2.05. The topological polar surface area (TPSA) is 26.0 Å². The molecule has 3 rings (SSSR count). The minimum absolute atomic E-state index is 0.579. The van der Waals surface area contributed by atoms with Crippen molar-refractivity contribution in [3.63, 3.8) is 0 Å². The van der Waals surface area contributed by atoms with Gasteiger partial charge in [0, 0.05) is 11.0 Å². The fourth-order valence-corrected chi connectivity index (χ4v) is 2.51. The van der Waals surface area contributed by atoms with E-state index in [0.29, 0.717) is 6.54 Å². The highest BCUT2D eigenvalue weighted by Gasteiger charge is 2.01. The first-order valence-electron chi connectivity index (χ1n) is 6.17. The first-order valence-corrected chi connectivity index (χ1v) is 6.96. The fraction of sp³-hybridized carbons (Fsp3) is 0.0588. The molecule has 0 aromatic heterocycles. The van der Waals surface area contributed by atoms with Crippen LogP contribution in [0.25, 0.3) is 21.9 Å². The molecule has 93 valence electrons. The second kappa shape index (κ2) is 5.16. The minimum atomic E-state index is 0.579. The molecule has 3 aromatic rings. The van der Waals surface area contributed by atoms with Gasteiger partial charge in [0.15, 0.2) is 0 Å². The summed E-state index contributed by atoms with van der Waals surface area (Å²) in [6.07, 6.45) is 0. The van der Waals surface area contributed by atoms with Crippen LogP contribution < -0.4 is 5.73 Å². The van der Waals surface area contributed by atoms with Crippen LogP contribution in [-0.2, 0) is 6.54 Å². The van der Waals surface area contributed by atoms with Gasteiger partial charge in [0.05, 0.1) is 0 Å². The van der Waals surface area contributed by atoms with Crippen molar-refractivity contribution in [3.8, 4) is 11.1 Å². The summed E-state index contributed by atoms with van der Waals surface area (Å²) in [7, 11) is 0.